The number of carbonyl (C=O) groups is 8. The van der Waals surface area contributed by atoms with Crippen LogP contribution in [0, 0.1) is 11.8 Å². The van der Waals surface area contributed by atoms with Gasteiger partial charge in [-0.3, -0.25) is 28.7 Å². The Morgan fingerprint density at radius 2 is 1.05 bits per heavy atom. The van der Waals surface area contributed by atoms with Gasteiger partial charge in [-0.15, -0.1) is 0 Å². The monoisotopic (exact) mass is 1490 g/mol. The topological polar surface area (TPSA) is 380 Å². The number of allylic oxidation sites excluding steroid dienone is 2. The summed E-state index contributed by atoms with van der Waals surface area (Å²) in [5.41, 5.74) is -3.05. The summed E-state index contributed by atoms with van der Waals surface area (Å²) >= 11 is 14.9. The third kappa shape index (κ3) is 19.6. The molecule has 8 N–H and O–H groups in total. The second-order valence-corrected chi connectivity index (χ2v) is 35.2. The minimum atomic E-state index is -3.87. The number of hydrogen-bond acceptors (Lipinski definition) is 20. The Morgan fingerprint density at radius 3 is 1.45 bits per heavy atom. The molecule has 4 aliphatic carbocycles. The van der Waals surface area contributed by atoms with E-state index in [9.17, 15) is 60.3 Å². The molecule has 10 atom stereocenters. The first-order valence-corrected chi connectivity index (χ1v) is 39.0. The molecular weight excluding hydrogens is 1400 g/mol. The molecule has 2 aromatic heterocycles. The number of primary sulfonamides is 1. The number of aromatic nitrogens is 2. The number of nitrogens with one attached hydrogen (secondary N) is 5. The number of aliphatic carboxylic acids is 1. The van der Waals surface area contributed by atoms with E-state index in [4.69, 9.17) is 47.3 Å². The van der Waals surface area contributed by atoms with Crippen LogP contribution in [-0.4, -0.2) is 172 Å². The molecule has 6 heterocycles. The summed E-state index contributed by atoms with van der Waals surface area (Å²) in [7, 11) is -7.00. The average Bonchev–Trinajstić information content (AvgIpc) is 1.58. The minimum absolute atomic E-state index is 0.0126. The van der Waals surface area contributed by atoms with Crippen LogP contribution in [0.1, 0.15) is 157 Å². The van der Waals surface area contributed by atoms with Crippen molar-refractivity contribution in [3.63, 3.8) is 0 Å². The van der Waals surface area contributed by atoms with Gasteiger partial charge in [-0.05, 0) is 155 Å². The normalized spacial score (nSPS) is 28.4. The number of fused-ring (bicyclic) bond motifs is 6. The molecule has 0 spiro atoms. The standard InChI is InChI=1S/C33H42ClN5O8S2.C30H37ClN4O7S.C3H7NO2S/c1-32(2,3)47-30(43)35-24-10-8-6-4-5-7-9-19-17-33(19,29(42)38-49(44,45)22-12-13-22)37-27(40)25-16-21(18-39(25)28(24)41)46-31-36-23-14-11-20(34)15-26(23)48-31;1-29(2,3)42-27(40)32-21-10-8-6-4-5-7-9-17-15-30(17,26(38)39)34-24(36)22-14-19(16-35(22)25(21)37)41-28-33-20-12-11-18(31)13-23(20)43-28;4-7(5,6)3-1-2-3/h7,9,11,14-15,19,21-22,24-25H,4-6,8,10,12-13,16-18H2,1-3H3,(H,35,43)(H,37,40)(H,38,42);7,9,11-13,17,19,21-22H,4-6,8,10,14-16H2,1-3H3,(H,32,40)(H,34,36)(H,38,39);3H,1-2H2,(H2,4,5,6)/b2*9-7-;/t19-,21-,24+,25+,33-;17-,19-,21+,22+,30-;/m11./s1. The molecule has 6 fully saturated rings. The second-order valence-electron chi connectivity index (χ2n) is 28.5. The Balaban J connectivity index is 0.000000196. The van der Waals surface area contributed by atoms with Crippen LogP contribution in [0.5, 0.6) is 10.4 Å². The lowest BCUT2D eigenvalue weighted by molar-refractivity contribution is -0.145. The van der Waals surface area contributed by atoms with E-state index in [0.29, 0.717) is 76.4 Å². The van der Waals surface area contributed by atoms with Crippen LogP contribution < -0.4 is 40.6 Å². The summed E-state index contributed by atoms with van der Waals surface area (Å²) in [6, 6.07) is 6.59. The Kier molecular flexibility index (Phi) is 22.9. The summed E-state index contributed by atoms with van der Waals surface area (Å²) in [4.78, 5) is 120. The van der Waals surface area contributed by atoms with Crippen LogP contribution in [0.4, 0.5) is 9.59 Å². The van der Waals surface area contributed by atoms with Crippen molar-refractivity contribution in [2.75, 3.05) is 13.1 Å². The fraction of sp³-hybridized carbons (Fsp3) is 0.606. The molecule has 99 heavy (non-hydrogen) atoms. The highest BCUT2D eigenvalue weighted by Gasteiger charge is 2.63. The van der Waals surface area contributed by atoms with Crippen molar-refractivity contribution in [3.05, 3.63) is 70.7 Å². The van der Waals surface area contributed by atoms with E-state index in [1.54, 1.807) is 77.9 Å². The maximum absolute atomic E-state index is 14.3. The van der Waals surface area contributed by atoms with E-state index in [1.165, 1.54) is 32.5 Å². The van der Waals surface area contributed by atoms with Crippen LogP contribution >= 0.6 is 45.9 Å². The zero-order valence-electron chi connectivity index (χ0n) is 55.9. The number of nitrogens with two attached hydrogens (primary N) is 1. The lowest BCUT2D eigenvalue weighted by Gasteiger charge is -2.30. The van der Waals surface area contributed by atoms with Crippen molar-refractivity contribution in [3.8, 4) is 10.4 Å². The van der Waals surface area contributed by atoms with Gasteiger partial charge in [-0.1, -0.05) is 95.9 Å². The number of nitrogens with zero attached hydrogens (tertiary/aromatic N) is 4. The second kappa shape index (κ2) is 30.4. The van der Waals surface area contributed by atoms with Crippen molar-refractivity contribution in [1.82, 2.24) is 45.8 Å². The fourth-order valence-electron chi connectivity index (χ4n) is 12.4. The lowest BCUT2D eigenvalue weighted by atomic mass is 10.0. The molecule has 0 bridgehead atoms. The van der Waals surface area contributed by atoms with Crippen LogP contribution in [0.3, 0.4) is 0 Å². The molecule has 0 radical (unpaired) electrons. The highest BCUT2D eigenvalue weighted by atomic mass is 35.5. The number of carboxylic acid groups (broad SMARTS) is 1. The number of carbonyl (C=O) groups excluding carboxylic acids is 7. The van der Waals surface area contributed by atoms with Crippen molar-refractivity contribution in [2.45, 2.75) is 226 Å². The Labute approximate surface area is 592 Å². The quantitative estimate of drug-likeness (QED) is 0.0694. The molecule has 4 aliphatic heterocycles. The highest BCUT2D eigenvalue weighted by molar-refractivity contribution is 7.91. The molecule has 4 aromatic rings. The molecule has 8 aliphatic rings. The average molecular weight is 1490 g/mol. The van der Waals surface area contributed by atoms with E-state index < -0.39 is 138 Å². The largest absolute Gasteiger partial charge is 0.479 e. The van der Waals surface area contributed by atoms with Gasteiger partial charge in [0.05, 0.1) is 44.0 Å². The van der Waals surface area contributed by atoms with Gasteiger partial charge in [0.1, 0.15) is 58.7 Å². The Bertz CT molecular complexity index is 4040. The molecular formula is C66H86Cl2N10O17S4. The van der Waals surface area contributed by atoms with Crippen molar-refractivity contribution < 1.29 is 79.2 Å². The van der Waals surface area contributed by atoms with E-state index in [1.807, 2.05) is 24.3 Å². The SMILES string of the molecule is CC(C)(C)OC(=O)N[C@H]1CCCCC/C=C\[C@@H]2C[C@@]2(C(=O)NS(=O)(=O)C2CC2)NC(=O)[C@@H]2C[C@@H](Oc3nc4ccc(Cl)cc4s3)CN2C1=O.CC(C)(C)OC(=O)N[C@H]1CCCCC/C=C\[C@@H]2C[C@@]2(C(=O)O)NC(=O)[C@@H]2C[C@@H](Oc3nc4ccc(Cl)cc4s3)CN2C1=O.NS(=O)(=O)C1CC1. The Morgan fingerprint density at radius 1 is 0.626 bits per heavy atom. The smallest absolute Gasteiger partial charge is 0.408 e. The van der Waals surface area contributed by atoms with Crippen LogP contribution in [-0.2, 0) is 58.3 Å². The molecule has 4 saturated carbocycles. The summed E-state index contributed by atoms with van der Waals surface area (Å²) < 4.78 is 73.0. The predicted molar refractivity (Wildman–Crippen MR) is 371 cm³/mol. The zero-order valence-corrected chi connectivity index (χ0v) is 60.7. The molecule has 27 nitrogen and oxygen atoms in total. The van der Waals surface area contributed by atoms with Crippen molar-refractivity contribution in [1.29, 1.82) is 0 Å². The van der Waals surface area contributed by atoms with E-state index in [0.717, 1.165) is 54.3 Å². The summed E-state index contributed by atoms with van der Waals surface area (Å²) in [6.07, 6.45) is 14.8. The number of ether oxygens (including phenoxy) is 4. The molecule has 12 rings (SSSR count). The van der Waals surface area contributed by atoms with E-state index in [-0.39, 0.29) is 49.9 Å². The molecule has 33 heteroatoms. The fourth-order valence-corrected chi connectivity index (χ4v) is 16.9. The number of carboxylic acids is 1. The van der Waals surface area contributed by atoms with Crippen molar-refractivity contribution in [2.24, 2.45) is 17.0 Å². The third-order valence-corrected chi connectivity index (χ3v) is 23.5. The summed E-state index contributed by atoms with van der Waals surface area (Å²) in [6.45, 7) is 10.5. The van der Waals surface area contributed by atoms with Gasteiger partial charge < -0.3 is 55.1 Å². The number of rotatable bonds is 11. The van der Waals surface area contributed by atoms with Gasteiger partial charge in [-0.2, -0.15) is 0 Å². The zero-order chi connectivity index (χ0) is 71.6. The number of benzene rings is 2. The van der Waals surface area contributed by atoms with E-state index >= 15 is 0 Å². The van der Waals surface area contributed by atoms with Crippen LogP contribution in [0.25, 0.3) is 20.4 Å². The van der Waals surface area contributed by atoms with E-state index in [2.05, 4.69) is 36.0 Å². The molecule has 2 aromatic carbocycles. The highest BCUT2D eigenvalue weighted by Crippen LogP contribution is 2.48. The van der Waals surface area contributed by atoms with Crippen LogP contribution in [0.15, 0.2) is 60.7 Å². The maximum atomic E-state index is 14.3. The van der Waals surface area contributed by atoms with Gasteiger partial charge in [-0.25, -0.2) is 46.3 Å². The molecule has 0 unspecified atom stereocenters. The predicted octanol–water partition coefficient (Wildman–Crippen LogP) is 8.30. The van der Waals surface area contributed by atoms with Gasteiger partial charge in [0.2, 0.25) is 43.7 Å². The number of sulfonamides is 2. The number of alkyl carbamates (subject to hydrolysis) is 2. The van der Waals surface area contributed by atoms with Gasteiger partial charge in [0.25, 0.3) is 16.3 Å². The molecule has 540 valence electrons. The molecule has 2 saturated heterocycles. The van der Waals surface area contributed by atoms with Crippen LogP contribution in [0.2, 0.25) is 10.0 Å². The number of hydrogen-bond donors (Lipinski definition) is 7. The first-order chi connectivity index (χ1) is 46.6. The number of amides is 7. The number of thiazole rings is 2. The lowest BCUT2D eigenvalue weighted by Crippen LogP contribution is -2.58. The first kappa shape index (κ1) is 74.8. The Hall–Kier alpha value is -6.90. The first-order valence-electron chi connectivity index (χ1n) is 33.4. The van der Waals surface area contributed by atoms with Gasteiger partial charge >= 0.3 is 18.2 Å². The molecule has 7 amide bonds. The van der Waals surface area contributed by atoms with Crippen molar-refractivity contribution >= 4 is 134 Å². The number of halogens is 2. The maximum Gasteiger partial charge on any atom is 0.408 e. The van der Waals surface area contributed by atoms with Gasteiger partial charge in [0, 0.05) is 34.7 Å². The summed E-state index contributed by atoms with van der Waals surface area (Å²) in [5, 5.41) is 26.8. The van der Waals surface area contributed by atoms with Gasteiger partial charge in [0.15, 0.2) is 0 Å². The summed E-state index contributed by atoms with van der Waals surface area (Å²) in [5.74, 6) is -4.75. The minimum Gasteiger partial charge on any atom is -0.479 e. The third-order valence-electron chi connectivity index (χ3n) is 18.0.